The molecule has 0 radical (unpaired) electrons. The Labute approximate surface area is 156 Å². The molecule has 2 rings (SSSR count). The lowest BCUT2D eigenvalue weighted by molar-refractivity contribution is -0.121. The highest BCUT2D eigenvalue weighted by atomic mass is 16.2. The van der Waals surface area contributed by atoms with Crippen LogP contribution in [0.2, 0.25) is 0 Å². The summed E-state index contributed by atoms with van der Waals surface area (Å²) in [6.45, 7) is 7.14. The van der Waals surface area contributed by atoms with Crippen LogP contribution in [0.15, 0.2) is 48.5 Å². The molecular formula is C22H28N2O2. The van der Waals surface area contributed by atoms with Crippen LogP contribution in [0.25, 0.3) is 0 Å². The second kappa shape index (κ2) is 9.76. The van der Waals surface area contributed by atoms with E-state index in [2.05, 4.69) is 36.6 Å². The van der Waals surface area contributed by atoms with Gasteiger partial charge in [-0.15, -0.1) is 0 Å². The normalized spacial score (nSPS) is 10.6. The zero-order valence-electron chi connectivity index (χ0n) is 15.8. The van der Waals surface area contributed by atoms with Gasteiger partial charge in [0.05, 0.1) is 0 Å². The zero-order valence-corrected chi connectivity index (χ0v) is 15.8. The summed E-state index contributed by atoms with van der Waals surface area (Å²) < 4.78 is 0. The molecule has 0 fully saturated rings. The summed E-state index contributed by atoms with van der Waals surface area (Å²) in [7, 11) is 0. The minimum Gasteiger partial charge on any atom is -0.354 e. The van der Waals surface area contributed by atoms with Gasteiger partial charge in [0.25, 0.3) is 5.91 Å². The van der Waals surface area contributed by atoms with Crippen molar-refractivity contribution in [3.05, 3.63) is 70.8 Å². The first kappa shape index (κ1) is 19.7. The SMILES string of the molecule is Cc1ccc(CCC(=O)NCCNC(=O)c2ccc(C(C)C)cc2)cc1. The standard InChI is InChI=1S/C22H28N2O2/c1-16(2)19-9-11-20(12-10-19)22(26)24-15-14-23-21(25)13-8-18-6-4-17(3)5-7-18/h4-7,9-12,16H,8,13-15H2,1-3H3,(H,23,25)(H,24,26). The van der Waals surface area contributed by atoms with Gasteiger partial charge in [-0.2, -0.15) is 0 Å². The molecule has 138 valence electrons. The molecule has 0 spiro atoms. The second-order valence-electron chi connectivity index (χ2n) is 6.87. The van der Waals surface area contributed by atoms with Crippen molar-refractivity contribution in [2.24, 2.45) is 0 Å². The third kappa shape index (κ3) is 6.36. The number of rotatable bonds is 8. The largest absolute Gasteiger partial charge is 0.354 e. The van der Waals surface area contributed by atoms with Crippen molar-refractivity contribution < 1.29 is 9.59 Å². The van der Waals surface area contributed by atoms with Crippen molar-refractivity contribution in [1.82, 2.24) is 10.6 Å². The van der Waals surface area contributed by atoms with Crippen LogP contribution in [-0.2, 0) is 11.2 Å². The quantitative estimate of drug-likeness (QED) is 0.713. The molecule has 0 atom stereocenters. The first-order chi connectivity index (χ1) is 12.5. The summed E-state index contributed by atoms with van der Waals surface area (Å²) in [5.41, 5.74) is 4.22. The fraction of sp³-hybridized carbons (Fsp3) is 0.364. The third-order valence-electron chi connectivity index (χ3n) is 4.33. The molecule has 4 heteroatoms. The Morgan fingerprint density at radius 3 is 2.12 bits per heavy atom. The first-order valence-corrected chi connectivity index (χ1v) is 9.16. The number of hydrogen-bond acceptors (Lipinski definition) is 2. The van der Waals surface area contributed by atoms with E-state index in [0.717, 1.165) is 12.0 Å². The van der Waals surface area contributed by atoms with Crippen LogP contribution in [0.5, 0.6) is 0 Å². The number of aryl methyl sites for hydroxylation is 2. The van der Waals surface area contributed by atoms with Gasteiger partial charge in [0, 0.05) is 25.1 Å². The summed E-state index contributed by atoms with van der Waals surface area (Å²) >= 11 is 0. The van der Waals surface area contributed by atoms with Gasteiger partial charge >= 0.3 is 0 Å². The van der Waals surface area contributed by atoms with Crippen molar-refractivity contribution in [1.29, 1.82) is 0 Å². The first-order valence-electron chi connectivity index (χ1n) is 9.16. The average Bonchev–Trinajstić information content (AvgIpc) is 2.64. The Morgan fingerprint density at radius 2 is 1.50 bits per heavy atom. The minimum atomic E-state index is -0.116. The minimum absolute atomic E-state index is 0.00103. The number of hydrogen-bond donors (Lipinski definition) is 2. The molecular weight excluding hydrogens is 324 g/mol. The second-order valence-corrected chi connectivity index (χ2v) is 6.87. The van der Waals surface area contributed by atoms with Crippen LogP contribution >= 0.6 is 0 Å². The van der Waals surface area contributed by atoms with E-state index >= 15 is 0 Å². The van der Waals surface area contributed by atoms with E-state index in [1.54, 1.807) is 0 Å². The Balaban J connectivity index is 1.65. The molecule has 2 aromatic carbocycles. The molecule has 4 nitrogen and oxygen atoms in total. The van der Waals surface area contributed by atoms with Crippen molar-refractivity contribution in [2.75, 3.05) is 13.1 Å². The van der Waals surface area contributed by atoms with E-state index in [9.17, 15) is 9.59 Å². The molecule has 2 aromatic rings. The van der Waals surface area contributed by atoms with Gasteiger partial charge < -0.3 is 10.6 Å². The average molecular weight is 352 g/mol. The Kier molecular flexibility index (Phi) is 7.39. The van der Waals surface area contributed by atoms with Gasteiger partial charge in [0.1, 0.15) is 0 Å². The van der Waals surface area contributed by atoms with E-state index in [-0.39, 0.29) is 11.8 Å². The molecule has 26 heavy (non-hydrogen) atoms. The van der Waals surface area contributed by atoms with Gasteiger partial charge in [-0.1, -0.05) is 55.8 Å². The predicted octanol–water partition coefficient (Wildman–Crippen LogP) is 3.60. The number of carbonyl (C=O) groups excluding carboxylic acids is 2. The fourth-order valence-corrected chi connectivity index (χ4v) is 2.60. The maximum absolute atomic E-state index is 12.1. The zero-order chi connectivity index (χ0) is 18.9. The van der Waals surface area contributed by atoms with Crippen molar-refractivity contribution in [2.45, 2.75) is 39.5 Å². The van der Waals surface area contributed by atoms with Crippen LogP contribution in [-0.4, -0.2) is 24.9 Å². The highest BCUT2D eigenvalue weighted by Crippen LogP contribution is 2.14. The van der Waals surface area contributed by atoms with E-state index in [0.29, 0.717) is 31.0 Å². The maximum Gasteiger partial charge on any atom is 0.251 e. The summed E-state index contributed by atoms with van der Waals surface area (Å²) in [6.07, 6.45) is 1.17. The Bertz CT molecular complexity index is 719. The van der Waals surface area contributed by atoms with Crippen molar-refractivity contribution in [3.8, 4) is 0 Å². The van der Waals surface area contributed by atoms with Gasteiger partial charge in [-0.25, -0.2) is 0 Å². The highest BCUT2D eigenvalue weighted by Gasteiger charge is 2.07. The number of amides is 2. The molecule has 0 aliphatic heterocycles. The van der Waals surface area contributed by atoms with E-state index in [1.807, 2.05) is 43.3 Å². The number of nitrogens with one attached hydrogen (secondary N) is 2. The van der Waals surface area contributed by atoms with Crippen LogP contribution in [0.4, 0.5) is 0 Å². The third-order valence-corrected chi connectivity index (χ3v) is 4.33. The topological polar surface area (TPSA) is 58.2 Å². The summed E-state index contributed by atoms with van der Waals surface area (Å²) in [4.78, 5) is 24.0. The van der Waals surface area contributed by atoms with Gasteiger partial charge in [0.2, 0.25) is 5.91 Å². The number of carbonyl (C=O) groups is 2. The van der Waals surface area contributed by atoms with Crippen LogP contribution in [0, 0.1) is 6.92 Å². The maximum atomic E-state index is 12.1. The van der Waals surface area contributed by atoms with Crippen LogP contribution in [0.3, 0.4) is 0 Å². The Hall–Kier alpha value is -2.62. The van der Waals surface area contributed by atoms with E-state index in [4.69, 9.17) is 0 Å². The fourth-order valence-electron chi connectivity index (χ4n) is 2.60. The van der Waals surface area contributed by atoms with Gasteiger partial charge in [-0.3, -0.25) is 9.59 Å². The molecule has 0 unspecified atom stereocenters. The lowest BCUT2D eigenvalue weighted by Gasteiger charge is -2.09. The summed E-state index contributed by atoms with van der Waals surface area (Å²) in [5.74, 6) is 0.331. The molecule has 2 N–H and O–H groups in total. The Morgan fingerprint density at radius 1 is 0.885 bits per heavy atom. The number of benzene rings is 2. The summed E-state index contributed by atoms with van der Waals surface area (Å²) in [5, 5.41) is 5.67. The van der Waals surface area contributed by atoms with Gasteiger partial charge in [-0.05, 0) is 42.5 Å². The molecule has 0 bridgehead atoms. The van der Waals surface area contributed by atoms with Crippen LogP contribution in [0.1, 0.15) is 53.2 Å². The molecule has 0 aliphatic carbocycles. The molecule has 2 amide bonds. The lowest BCUT2D eigenvalue weighted by Crippen LogP contribution is -2.34. The summed E-state index contributed by atoms with van der Waals surface area (Å²) in [6, 6.07) is 15.8. The predicted molar refractivity (Wildman–Crippen MR) is 105 cm³/mol. The van der Waals surface area contributed by atoms with Crippen molar-refractivity contribution >= 4 is 11.8 Å². The van der Waals surface area contributed by atoms with Crippen molar-refractivity contribution in [3.63, 3.8) is 0 Å². The van der Waals surface area contributed by atoms with E-state index < -0.39 is 0 Å². The smallest absolute Gasteiger partial charge is 0.251 e. The molecule has 0 aliphatic rings. The molecule has 0 aromatic heterocycles. The lowest BCUT2D eigenvalue weighted by atomic mass is 10.0. The van der Waals surface area contributed by atoms with E-state index in [1.165, 1.54) is 11.1 Å². The highest BCUT2D eigenvalue weighted by molar-refractivity contribution is 5.94. The molecule has 0 heterocycles. The molecule has 0 saturated carbocycles. The van der Waals surface area contributed by atoms with Gasteiger partial charge in [0.15, 0.2) is 0 Å². The monoisotopic (exact) mass is 352 g/mol. The van der Waals surface area contributed by atoms with Crippen LogP contribution < -0.4 is 10.6 Å². The molecule has 0 saturated heterocycles.